The first-order valence-corrected chi connectivity index (χ1v) is 4.43. The van der Waals surface area contributed by atoms with Crippen LogP contribution < -0.4 is 11.0 Å². The quantitative estimate of drug-likeness (QED) is 0.560. The maximum Gasteiger partial charge on any atom is 0.328 e. The Bertz CT molecular complexity index is 303. The van der Waals surface area contributed by atoms with E-state index >= 15 is 0 Å². The molecule has 5 nitrogen and oxygen atoms in total. The molecule has 0 bridgehead atoms. The molecular formula is C8H15N3O2. The van der Waals surface area contributed by atoms with Gasteiger partial charge in [-0.25, -0.2) is 4.79 Å². The van der Waals surface area contributed by atoms with Gasteiger partial charge in [0.25, 0.3) is 0 Å². The zero-order valence-corrected chi connectivity index (χ0v) is 7.71. The van der Waals surface area contributed by atoms with Crippen molar-refractivity contribution < 1.29 is 5.11 Å². The number of imidazole rings is 1. The van der Waals surface area contributed by atoms with Crippen LogP contribution in [0, 0.1) is 0 Å². The summed E-state index contributed by atoms with van der Waals surface area (Å²) in [6.45, 7) is 4.35. The summed E-state index contributed by atoms with van der Waals surface area (Å²) in [5.41, 5.74) is -0.256. The standard InChI is InChI=1S/C8H15N3O2/c1-2-9-4-3-5-11-7(12)6-10-8(11)13/h6,9,12H,2-5H2,1H3,(H,10,13). The van der Waals surface area contributed by atoms with Gasteiger partial charge in [-0.2, -0.15) is 0 Å². The minimum Gasteiger partial charge on any atom is -0.493 e. The third-order valence-corrected chi connectivity index (χ3v) is 1.83. The molecule has 0 saturated carbocycles. The Kier molecular flexibility index (Phi) is 3.57. The molecule has 1 aromatic heterocycles. The van der Waals surface area contributed by atoms with E-state index in [4.69, 9.17) is 0 Å². The van der Waals surface area contributed by atoms with E-state index in [1.165, 1.54) is 10.8 Å². The maximum atomic E-state index is 11.0. The van der Waals surface area contributed by atoms with Gasteiger partial charge < -0.3 is 15.4 Å². The second-order valence-corrected chi connectivity index (χ2v) is 2.81. The summed E-state index contributed by atoms with van der Waals surface area (Å²) in [4.78, 5) is 13.4. The molecular weight excluding hydrogens is 170 g/mol. The minimum atomic E-state index is -0.256. The monoisotopic (exact) mass is 185 g/mol. The summed E-state index contributed by atoms with van der Waals surface area (Å²) in [6, 6.07) is 0. The molecule has 74 valence electrons. The van der Waals surface area contributed by atoms with Crippen molar-refractivity contribution in [1.82, 2.24) is 14.9 Å². The summed E-state index contributed by atoms with van der Waals surface area (Å²) < 4.78 is 1.32. The van der Waals surface area contributed by atoms with E-state index in [0.29, 0.717) is 6.54 Å². The van der Waals surface area contributed by atoms with Crippen molar-refractivity contribution in [3.05, 3.63) is 16.7 Å². The van der Waals surface area contributed by atoms with Gasteiger partial charge in [0.1, 0.15) is 0 Å². The van der Waals surface area contributed by atoms with E-state index in [0.717, 1.165) is 19.5 Å². The van der Waals surface area contributed by atoms with Crippen LogP contribution in [0.25, 0.3) is 0 Å². The Hall–Kier alpha value is -1.23. The second kappa shape index (κ2) is 4.71. The van der Waals surface area contributed by atoms with Crippen LogP contribution in [0.2, 0.25) is 0 Å². The molecule has 0 unspecified atom stereocenters. The molecule has 0 amide bonds. The fourth-order valence-corrected chi connectivity index (χ4v) is 1.14. The summed E-state index contributed by atoms with van der Waals surface area (Å²) in [6.07, 6.45) is 2.13. The van der Waals surface area contributed by atoms with Crippen molar-refractivity contribution in [3.63, 3.8) is 0 Å². The third kappa shape index (κ3) is 2.62. The van der Waals surface area contributed by atoms with E-state index < -0.39 is 0 Å². The van der Waals surface area contributed by atoms with Crippen molar-refractivity contribution >= 4 is 0 Å². The molecule has 0 aromatic carbocycles. The van der Waals surface area contributed by atoms with Crippen molar-refractivity contribution in [2.75, 3.05) is 13.1 Å². The zero-order chi connectivity index (χ0) is 9.68. The highest BCUT2D eigenvalue weighted by Gasteiger charge is 2.02. The Morgan fingerprint density at radius 3 is 3.00 bits per heavy atom. The van der Waals surface area contributed by atoms with Crippen LogP contribution in [-0.4, -0.2) is 27.7 Å². The molecule has 0 saturated heterocycles. The zero-order valence-electron chi connectivity index (χ0n) is 7.71. The third-order valence-electron chi connectivity index (χ3n) is 1.83. The fourth-order valence-electron chi connectivity index (χ4n) is 1.14. The average Bonchev–Trinajstić information content (AvgIpc) is 2.42. The van der Waals surface area contributed by atoms with Gasteiger partial charge in [-0.05, 0) is 19.5 Å². The van der Waals surface area contributed by atoms with Crippen molar-refractivity contribution in [3.8, 4) is 5.88 Å². The van der Waals surface area contributed by atoms with Gasteiger partial charge in [0.15, 0.2) is 0 Å². The molecule has 3 N–H and O–H groups in total. The lowest BCUT2D eigenvalue weighted by Gasteiger charge is -2.02. The van der Waals surface area contributed by atoms with Crippen molar-refractivity contribution in [2.24, 2.45) is 0 Å². The van der Waals surface area contributed by atoms with E-state index in [-0.39, 0.29) is 11.6 Å². The van der Waals surface area contributed by atoms with Gasteiger partial charge in [0, 0.05) is 6.54 Å². The topological polar surface area (TPSA) is 70.0 Å². The van der Waals surface area contributed by atoms with Gasteiger partial charge in [-0.15, -0.1) is 0 Å². The van der Waals surface area contributed by atoms with Gasteiger partial charge in [0.05, 0.1) is 6.20 Å². The first-order valence-electron chi connectivity index (χ1n) is 4.43. The predicted molar refractivity (Wildman–Crippen MR) is 49.9 cm³/mol. The van der Waals surface area contributed by atoms with E-state index in [9.17, 15) is 9.90 Å². The van der Waals surface area contributed by atoms with Gasteiger partial charge in [0.2, 0.25) is 5.88 Å². The molecule has 0 aliphatic rings. The van der Waals surface area contributed by atoms with Crippen LogP contribution in [0.15, 0.2) is 11.0 Å². The molecule has 0 fully saturated rings. The Balaban J connectivity index is 2.40. The number of aromatic amines is 1. The highest BCUT2D eigenvalue weighted by molar-refractivity contribution is 5.02. The van der Waals surface area contributed by atoms with Crippen LogP contribution in [0.3, 0.4) is 0 Å². The molecule has 0 spiro atoms. The highest BCUT2D eigenvalue weighted by atomic mass is 16.3. The van der Waals surface area contributed by atoms with Crippen LogP contribution >= 0.6 is 0 Å². The maximum absolute atomic E-state index is 11.0. The van der Waals surface area contributed by atoms with Crippen molar-refractivity contribution in [2.45, 2.75) is 19.9 Å². The molecule has 5 heteroatoms. The number of hydrogen-bond donors (Lipinski definition) is 3. The van der Waals surface area contributed by atoms with Crippen LogP contribution in [0.4, 0.5) is 0 Å². The Morgan fingerprint density at radius 2 is 2.46 bits per heavy atom. The first kappa shape index (κ1) is 9.85. The normalized spacial score (nSPS) is 10.5. The largest absolute Gasteiger partial charge is 0.493 e. The summed E-state index contributed by atoms with van der Waals surface area (Å²) in [7, 11) is 0. The van der Waals surface area contributed by atoms with Gasteiger partial charge >= 0.3 is 5.69 Å². The second-order valence-electron chi connectivity index (χ2n) is 2.81. The Labute approximate surface area is 76.4 Å². The van der Waals surface area contributed by atoms with E-state index in [2.05, 4.69) is 10.3 Å². The SMILES string of the molecule is CCNCCCn1c(O)c[nH]c1=O. The molecule has 1 rings (SSSR count). The number of hydrogen-bond acceptors (Lipinski definition) is 3. The molecule has 1 aromatic rings. The van der Waals surface area contributed by atoms with E-state index in [1.54, 1.807) is 0 Å². The predicted octanol–water partition coefficient (Wildman–Crippen LogP) is -0.118. The molecule has 0 aliphatic heterocycles. The van der Waals surface area contributed by atoms with Crippen LogP contribution in [0.5, 0.6) is 5.88 Å². The smallest absolute Gasteiger partial charge is 0.328 e. The number of aromatic hydroxyl groups is 1. The van der Waals surface area contributed by atoms with Gasteiger partial charge in [-0.3, -0.25) is 4.57 Å². The number of rotatable bonds is 5. The first-order chi connectivity index (χ1) is 6.25. The highest BCUT2D eigenvalue weighted by Crippen LogP contribution is 2.02. The summed E-state index contributed by atoms with van der Waals surface area (Å²) in [5, 5.41) is 12.3. The molecule has 13 heavy (non-hydrogen) atoms. The lowest BCUT2D eigenvalue weighted by Crippen LogP contribution is -2.21. The molecule has 1 heterocycles. The Morgan fingerprint density at radius 1 is 1.69 bits per heavy atom. The number of aromatic nitrogens is 2. The van der Waals surface area contributed by atoms with E-state index in [1.807, 2.05) is 6.92 Å². The average molecular weight is 185 g/mol. The lowest BCUT2D eigenvalue weighted by atomic mass is 10.4. The van der Waals surface area contributed by atoms with Crippen LogP contribution in [-0.2, 0) is 6.54 Å². The number of H-pyrrole nitrogens is 1. The molecule has 0 aliphatic carbocycles. The summed E-state index contributed by atoms with van der Waals surface area (Å²) in [5.74, 6) is 0.00139. The summed E-state index contributed by atoms with van der Waals surface area (Å²) >= 11 is 0. The fraction of sp³-hybridized carbons (Fsp3) is 0.625. The molecule has 0 atom stereocenters. The van der Waals surface area contributed by atoms with Crippen molar-refractivity contribution in [1.29, 1.82) is 0 Å². The molecule has 0 radical (unpaired) electrons. The van der Waals surface area contributed by atoms with Gasteiger partial charge in [-0.1, -0.05) is 6.92 Å². The number of nitrogens with one attached hydrogen (secondary N) is 2. The lowest BCUT2D eigenvalue weighted by molar-refractivity contribution is 0.408. The van der Waals surface area contributed by atoms with Crippen LogP contribution in [0.1, 0.15) is 13.3 Å². The number of nitrogens with zero attached hydrogens (tertiary/aromatic N) is 1. The minimum absolute atomic E-state index is 0.00139.